The van der Waals surface area contributed by atoms with Gasteiger partial charge in [0.15, 0.2) is 0 Å². The lowest BCUT2D eigenvalue weighted by molar-refractivity contribution is 1.50. The van der Waals surface area contributed by atoms with Gasteiger partial charge in [0.25, 0.3) is 0 Å². The van der Waals surface area contributed by atoms with Crippen LogP contribution in [-0.2, 0) is 0 Å². The van der Waals surface area contributed by atoms with Crippen molar-refractivity contribution < 1.29 is 0 Å². The monoisotopic (exact) mass is 270 g/mol. The number of aryl methyl sites for hydroxylation is 3. The second-order valence-corrected chi connectivity index (χ2v) is 6.01. The molecule has 21 heavy (non-hydrogen) atoms. The fraction of sp³-hybridized carbons (Fsp3) is 0.143. The van der Waals surface area contributed by atoms with E-state index >= 15 is 0 Å². The SMILES string of the molecule is Cc1ccc2ccc3c(C)c4ccccc4c(C)c3c2c1. The van der Waals surface area contributed by atoms with Gasteiger partial charge in [-0.2, -0.15) is 0 Å². The largest absolute Gasteiger partial charge is 0.0616 e. The molecule has 0 aliphatic rings. The molecule has 0 unspecified atom stereocenters. The molecular formula is C21H18. The molecule has 4 aromatic carbocycles. The fourth-order valence-corrected chi connectivity index (χ4v) is 3.57. The van der Waals surface area contributed by atoms with Gasteiger partial charge in [-0.3, -0.25) is 0 Å². The van der Waals surface area contributed by atoms with E-state index in [1.807, 2.05) is 0 Å². The van der Waals surface area contributed by atoms with Crippen LogP contribution in [0.25, 0.3) is 32.3 Å². The van der Waals surface area contributed by atoms with Crippen molar-refractivity contribution in [1.29, 1.82) is 0 Å². The second-order valence-electron chi connectivity index (χ2n) is 6.01. The van der Waals surface area contributed by atoms with E-state index in [2.05, 4.69) is 75.4 Å². The summed E-state index contributed by atoms with van der Waals surface area (Å²) in [5, 5.41) is 8.23. The number of fused-ring (bicyclic) bond motifs is 4. The Morgan fingerprint density at radius 3 is 2.00 bits per heavy atom. The van der Waals surface area contributed by atoms with Gasteiger partial charge >= 0.3 is 0 Å². The average Bonchev–Trinajstić information content (AvgIpc) is 2.51. The zero-order valence-corrected chi connectivity index (χ0v) is 12.7. The van der Waals surface area contributed by atoms with E-state index in [-0.39, 0.29) is 0 Å². The molecule has 0 N–H and O–H groups in total. The first-order chi connectivity index (χ1) is 10.2. The van der Waals surface area contributed by atoms with Gasteiger partial charge in [-0.15, -0.1) is 0 Å². The first-order valence-electron chi connectivity index (χ1n) is 7.48. The van der Waals surface area contributed by atoms with Crippen LogP contribution in [0, 0.1) is 20.8 Å². The zero-order chi connectivity index (χ0) is 14.6. The number of hydrogen-bond acceptors (Lipinski definition) is 0. The zero-order valence-electron chi connectivity index (χ0n) is 12.7. The highest BCUT2D eigenvalue weighted by atomic mass is 14.1. The Bertz CT molecular complexity index is 1010. The van der Waals surface area contributed by atoms with Crippen molar-refractivity contribution in [2.24, 2.45) is 0 Å². The summed E-state index contributed by atoms with van der Waals surface area (Å²) in [7, 11) is 0. The normalized spacial score (nSPS) is 11.6. The number of benzene rings is 4. The van der Waals surface area contributed by atoms with Gasteiger partial charge in [0, 0.05) is 0 Å². The third-order valence-electron chi connectivity index (χ3n) is 4.69. The maximum Gasteiger partial charge on any atom is -0.00670 e. The molecule has 0 heterocycles. The van der Waals surface area contributed by atoms with Gasteiger partial charge in [-0.05, 0) is 64.2 Å². The molecule has 0 aromatic heterocycles. The fourth-order valence-electron chi connectivity index (χ4n) is 3.57. The van der Waals surface area contributed by atoms with Gasteiger partial charge < -0.3 is 0 Å². The second kappa shape index (κ2) is 4.33. The van der Waals surface area contributed by atoms with Crippen LogP contribution >= 0.6 is 0 Å². The van der Waals surface area contributed by atoms with E-state index in [4.69, 9.17) is 0 Å². The molecule has 4 rings (SSSR count). The lowest BCUT2D eigenvalue weighted by Crippen LogP contribution is -1.89. The van der Waals surface area contributed by atoms with E-state index in [9.17, 15) is 0 Å². The van der Waals surface area contributed by atoms with Crippen molar-refractivity contribution in [2.75, 3.05) is 0 Å². The Labute approximate surface area is 125 Å². The van der Waals surface area contributed by atoms with Crippen LogP contribution in [0.2, 0.25) is 0 Å². The Hall–Kier alpha value is -2.34. The minimum atomic E-state index is 1.32. The standard InChI is InChI=1S/C21H18/c1-13-8-9-16-10-11-19-14(2)17-6-4-5-7-18(17)15(3)21(19)20(16)12-13/h4-12H,1-3H3. The summed E-state index contributed by atoms with van der Waals surface area (Å²) in [6.07, 6.45) is 0. The van der Waals surface area contributed by atoms with Crippen LogP contribution in [0.4, 0.5) is 0 Å². The van der Waals surface area contributed by atoms with Crippen LogP contribution in [0.3, 0.4) is 0 Å². The maximum atomic E-state index is 2.32. The van der Waals surface area contributed by atoms with E-state index < -0.39 is 0 Å². The summed E-state index contributed by atoms with van der Waals surface area (Å²) in [5.74, 6) is 0. The van der Waals surface area contributed by atoms with Crippen LogP contribution in [0.5, 0.6) is 0 Å². The Morgan fingerprint density at radius 1 is 0.571 bits per heavy atom. The summed E-state index contributed by atoms with van der Waals surface area (Å²) in [6.45, 7) is 6.67. The minimum absolute atomic E-state index is 1.32. The maximum absolute atomic E-state index is 2.32. The van der Waals surface area contributed by atoms with Crippen molar-refractivity contribution in [2.45, 2.75) is 20.8 Å². The Kier molecular flexibility index (Phi) is 2.56. The molecule has 0 saturated heterocycles. The molecule has 0 fully saturated rings. The summed E-state index contributed by atoms with van der Waals surface area (Å²) in [5.41, 5.74) is 4.09. The summed E-state index contributed by atoms with van der Waals surface area (Å²) >= 11 is 0. The summed E-state index contributed by atoms with van der Waals surface area (Å²) in [4.78, 5) is 0. The molecule has 0 amide bonds. The average molecular weight is 270 g/mol. The molecule has 0 radical (unpaired) electrons. The van der Waals surface area contributed by atoms with Gasteiger partial charge in [0.1, 0.15) is 0 Å². The smallest absolute Gasteiger partial charge is 0.00670 e. The molecule has 0 aliphatic carbocycles. The number of hydrogen-bond donors (Lipinski definition) is 0. The van der Waals surface area contributed by atoms with Crippen molar-refractivity contribution in [3.8, 4) is 0 Å². The molecule has 102 valence electrons. The predicted octanol–water partition coefficient (Wildman–Crippen LogP) is 6.07. The van der Waals surface area contributed by atoms with Crippen molar-refractivity contribution >= 4 is 32.3 Å². The highest BCUT2D eigenvalue weighted by Crippen LogP contribution is 2.36. The molecule has 0 spiro atoms. The lowest BCUT2D eigenvalue weighted by atomic mass is 9.89. The first-order valence-corrected chi connectivity index (χ1v) is 7.48. The first kappa shape index (κ1) is 12.4. The quantitative estimate of drug-likeness (QED) is 0.268. The third-order valence-corrected chi connectivity index (χ3v) is 4.69. The van der Waals surface area contributed by atoms with Crippen LogP contribution in [-0.4, -0.2) is 0 Å². The molecule has 0 heteroatoms. The molecular weight excluding hydrogens is 252 g/mol. The highest BCUT2D eigenvalue weighted by Gasteiger charge is 2.11. The molecule has 0 saturated carbocycles. The predicted molar refractivity (Wildman–Crippen MR) is 93.2 cm³/mol. The molecule has 0 nitrogen and oxygen atoms in total. The van der Waals surface area contributed by atoms with E-state index in [0.717, 1.165) is 0 Å². The lowest BCUT2D eigenvalue weighted by Gasteiger charge is -2.14. The van der Waals surface area contributed by atoms with Crippen LogP contribution in [0.15, 0.2) is 54.6 Å². The van der Waals surface area contributed by atoms with E-state index in [0.29, 0.717) is 0 Å². The minimum Gasteiger partial charge on any atom is -0.0616 e. The molecule has 0 bridgehead atoms. The van der Waals surface area contributed by atoms with Gasteiger partial charge in [0.05, 0.1) is 0 Å². The molecule has 0 atom stereocenters. The summed E-state index contributed by atoms with van der Waals surface area (Å²) in [6, 6.07) is 20.0. The van der Waals surface area contributed by atoms with Crippen LogP contribution < -0.4 is 0 Å². The highest BCUT2D eigenvalue weighted by molar-refractivity contribution is 6.16. The number of rotatable bonds is 0. The molecule has 0 aliphatic heterocycles. The summed E-state index contributed by atoms with van der Waals surface area (Å²) < 4.78 is 0. The topological polar surface area (TPSA) is 0 Å². The van der Waals surface area contributed by atoms with E-state index in [1.54, 1.807) is 0 Å². The van der Waals surface area contributed by atoms with E-state index in [1.165, 1.54) is 49.0 Å². The van der Waals surface area contributed by atoms with Gasteiger partial charge in [0.2, 0.25) is 0 Å². The van der Waals surface area contributed by atoms with Crippen molar-refractivity contribution in [3.63, 3.8) is 0 Å². The third kappa shape index (κ3) is 1.69. The Morgan fingerprint density at radius 2 is 1.24 bits per heavy atom. The van der Waals surface area contributed by atoms with Crippen molar-refractivity contribution in [1.82, 2.24) is 0 Å². The van der Waals surface area contributed by atoms with Crippen molar-refractivity contribution in [3.05, 3.63) is 71.3 Å². The Balaban J connectivity index is 2.36. The van der Waals surface area contributed by atoms with Gasteiger partial charge in [-0.1, -0.05) is 60.2 Å². The van der Waals surface area contributed by atoms with Crippen LogP contribution in [0.1, 0.15) is 16.7 Å². The molecule has 4 aromatic rings. The van der Waals surface area contributed by atoms with Gasteiger partial charge in [-0.25, -0.2) is 0 Å².